The highest BCUT2D eigenvalue weighted by atomic mass is 16.5. The summed E-state index contributed by atoms with van der Waals surface area (Å²) in [6, 6.07) is 15.5. The smallest absolute Gasteiger partial charge is 0.219 e. The van der Waals surface area contributed by atoms with Crippen molar-refractivity contribution < 1.29 is 14.8 Å². The molecule has 158 valence electrons. The minimum atomic E-state index is 0.483. The number of aromatic nitrogens is 4. The van der Waals surface area contributed by atoms with Gasteiger partial charge in [0.05, 0.1) is 17.8 Å². The first-order valence-electron chi connectivity index (χ1n) is 10.2. The topological polar surface area (TPSA) is 98.7 Å². The van der Waals surface area contributed by atoms with Gasteiger partial charge in [-0.3, -0.25) is 0 Å². The molecule has 1 aromatic carbocycles. The SMILES string of the molecule is CC(C)[NH2+]CCOc1ccc(Oc2ccc3ncnc(Nc4ccccn4)c3c2)nc1. The number of nitrogens with two attached hydrogens (primary N) is 1. The van der Waals surface area contributed by atoms with Gasteiger partial charge in [-0.05, 0) is 50.2 Å². The highest BCUT2D eigenvalue weighted by Crippen LogP contribution is 2.28. The maximum absolute atomic E-state index is 5.93. The van der Waals surface area contributed by atoms with Crippen LogP contribution in [0.4, 0.5) is 11.6 Å². The van der Waals surface area contributed by atoms with E-state index in [-0.39, 0.29) is 0 Å². The molecule has 4 rings (SSSR count). The third-order valence-electron chi connectivity index (χ3n) is 4.47. The second kappa shape index (κ2) is 9.82. The maximum Gasteiger partial charge on any atom is 0.219 e. The first-order chi connectivity index (χ1) is 15.2. The third kappa shape index (κ3) is 5.64. The van der Waals surface area contributed by atoms with Crippen molar-refractivity contribution >= 4 is 22.5 Å². The van der Waals surface area contributed by atoms with Crippen LogP contribution < -0.4 is 20.1 Å². The van der Waals surface area contributed by atoms with E-state index >= 15 is 0 Å². The van der Waals surface area contributed by atoms with Crippen LogP contribution in [0.25, 0.3) is 10.9 Å². The number of nitrogens with zero attached hydrogens (tertiary/aromatic N) is 4. The lowest BCUT2D eigenvalue weighted by atomic mass is 10.2. The van der Waals surface area contributed by atoms with Crippen molar-refractivity contribution in [2.75, 3.05) is 18.5 Å². The van der Waals surface area contributed by atoms with Gasteiger partial charge in [-0.15, -0.1) is 0 Å². The van der Waals surface area contributed by atoms with Crippen molar-refractivity contribution in [1.29, 1.82) is 0 Å². The minimum Gasteiger partial charge on any atom is -0.486 e. The Hall–Kier alpha value is -3.78. The lowest BCUT2D eigenvalue weighted by molar-refractivity contribution is -0.683. The van der Waals surface area contributed by atoms with Gasteiger partial charge >= 0.3 is 0 Å². The van der Waals surface area contributed by atoms with E-state index in [1.54, 1.807) is 18.5 Å². The molecule has 31 heavy (non-hydrogen) atoms. The number of ether oxygens (including phenoxy) is 2. The van der Waals surface area contributed by atoms with Gasteiger partial charge in [0.25, 0.3) is 0 Å². The summed E-state index contributed by atoms with van der Waals surface area (Å²) in [5, 5.41) is 6.28. The first-order valence-corrected chi connectivity index (χ1v) is 10.2. The Morgan fingerprint density at radius 3 is 2.65 bits per heavy atom. The molecule has 0 saturated carbocycles. The normalized spacial score (nSPS) is 10.9. The van der Waals surface area contributed by atoms with Gasteiger partial charge in [0.1, 0.15) is 42.6 Å². The molecular weight excluding hydrogens is 392 g/mol. The highest BCUT2D eigenvalue weighted by Gasteiger charge is 2.08. The molecule has 8 heteroatoms. The Morgan fingerprint density at radius 2 is 1.87 bits per heavy atom. The first kappa shape index (κ1) is 20.5. The van der Waals surface area contributed by atoms with Gasteiger partial charge in [0.2, 0.25) is 5.88 Å². The lowest BCUT2D eigenvalue weighted by Gasteiger charge is -2.10. The molecule has 0 bridgehead atoms. The summed E-state index contributed by atoms with van der Waals surface area (Å²) in [4.78, 5) is 17.3. The van der Waals surface area contributed by atoms with Crippen LogP contribution in [-0.2, 0) is 0 Å². The Balaban J connectivity index is 1.45. The van der Waals surface area contributed by atoms with E-state index in [1.807, 2.05) is 42.5 Å². The number of anilines is 2. The number of rotatable bonds is 9. The summed E-state index contributed by atoms with van der Waals surface area (Å²) in [6.07, 6.45) is 4.91. The quantitative estimate of drug-likeness (QED) is 0.403. The molecule has 0 aliphatic rings. The van der Waals surface area contributed by atoms with Crippen molar-refractivity contribution in [2.24, 2.45) is 0 Å². The van der Waals surface area contributed by atoms with E-state index in [0.717, 1.165) is 23.2 Å². The monoisotopic (exact) mass is 417 g/mol. The summed E-state index contributed by atoms with van der Waals surface area (Å²) in [6.45, 7) is 5.86. The number of pyridine rings is 2. The van der Waals surface area contributed by atoms with Crippen LogP contribution in [0.3, 0.4) is 0 Å². The Kier molecular flexibility index (Phi) is 6.49. The third-order valence-corrected chi connectivity index (χ3v) is 4.47. The standard InChI is InChI=1S/C23H24N6O2/c1-16(2)24-11-12-30-18-7-9-22(26-14-18)31-17-6-8-20-19(13-17)23(28-15-27-20)29-21-5-3-4-10-25-21/h3-10,13-16,24H,11-12H2,1-2H3,(H,25,27,28,29)/p+1. The van der Waals surface area contributed by atoms with Crippen molar-refractivity contribution in [1.82, 2.24) is 19.9 Å². The molecule has 0 aliphatic heterocycles. The molecule has 0 radical (unpaired) electrons. The molecule has 3 aromatic heterocycles. The Morgan fingerprint density at radius 1 is 0.968 bits per heavy atom. The van der Waals surface area contributed by atoms with Gasteiger partial charge in [-0.1, -0.05) is 6.07 Å². The second-order valence-electron chi connectivity index (χ2n) is 7.29. The van der Waals surface area contributed by atoms with Gasteiger partial charge in [0.15, 0.2) is 0 Å². The summed E-state index contributed by atoms with van der Waals surface area (Å²) in [5.41, 5.74) is 0.802. The molecule has 0 atom stereocenters. The molecule has 0 aliphatic carbocycles. The molecule has 0 saturated heterocycles. The van der Waals surface area contributed by atoms with Gasteiger partial charge in [-0.2, -0.15) is 0 Å². The van der Waals surface area contributed by atoms with Gasteiger partial charge in [-0.25, -0.2) is 19.9 Å². The van der Waals surface area contributed by atoms with Crippen LogP contribution in [0, 0.1) is 0 Å². The lowest BCUT2D eigenvalue weighted by Crippen LogP contribution is -2.89. The molecule has 8 nitrogen and oxygen atoms in total. The number of hydrogen-bond acceptors (Lipinski definition) is 7. The average molecular weight is 417 g/mol. The molecule has 0 fully saturated rings. The number of benzene rings is 1. The Bertz CT molecular complexity index is 1120. The molecular formula is C23H25N6O2+. The second-order valence-corrected chi connectivity index (χ2v) is 7.29. The maximum atomic E-state index is 5.93. The fourth-order valence-electron chi connectivity index (χ4n) is 2.97. The van der Waals surface area contributed by atoms with Crippen LogP contribution in [0.1, 0.15) is 13.8 Å². The van der Waals surface area contributed by atoms with Crippen LogP contribution in [0.5, 0.6) is 17.4 Å². The number of nitrogens with one attached hydrogen (secondary N) is 1. The zero-order valence-electron chi connectivity index (χ0n) is 17.5. The van der Waals surface area contributed by atoms with E-state index < -0.39 is 0 Å². The molecule has 4 aromatic rings. The van der Waals surface area contributed by atoms with Gasteiger partial charge < -0.3 is 20.1 Å². The van der Waals surface area contributed by atoms with Crippen LogP contribution >= 0.6 is 0 Å². The van der Waals surface area contributed by atoms with E-state index in [0.29, 0.717) is 35.9 Å². The molecule has 0 unspecified atom stereocenters. The van der Waals surface area contributed by atoms with Gasteiger partial charge in [0, 0.05) is 17.6 Å². The summed E-state index contributed by atoms with van der Waals surface area (Å²) in [7, 11) is 0. The zero-order valence-corrected chi connectivity index (χ0v) is 17.5. The number of fused-ring (bicyclic) bond motifs is 1. The van der Waals surface area contributed by atoms with Crippen LogP contribution in [0.2, 0.25) is 0 Å². The van der Waals surface area contributed by atoms with Crippen LogP contribution in [0.15, 0.2) is 67.3 Å². The summed E-state index contributed by atoms with van der Waals surface area (Å²) >= 11 is 0. The zero-order chi connectivity index (χ0) is 21.5. The van der Waals surface area contributed by atoms with E-state index in [2.05, 4.69) is 44.4 Å². The fraction of sp³-hybridized carbons (Fsp3) is 0.217. The van der Waals surface area contributed by atoms with Crippen molar-refractivity contribution in [3.8, 4) is 17.4 Å². The summed E-state index contributed by atoms with van der Waals surface area (Å²) in [5.74, 6) is 3.20. The predicted octanol–water partition coefficient (Wildman–Crippen LogP) is 3.31. The van der Waals surface area contributed by atoms with E-state index in [4.69, 9.17) is 9.47 Å². The number of quaternary nitrogens is 1. The molecule has 0 spiro atoms. The summed E-state index contributed by atoms with van der Waals surface area (Å²) < 4.78 is 11.6. The highest BCUT2D eigenvalue weighted by molar-refractivity contribution is 5.91. The van der Waals surface area contributed by atoms with Crippen molar-refractivity contribution in [3.63, 3.8) is 0 Å². The largest absolute Gasteiger partial charge is 0.486 e. The minimum absolute atomic E-state index is 0.483. The predicted molar refractivity (Wildman–Crippen MR) is 119 cm³/mol. The van der Waals surface area contributed by atoms with Crippen LogP contribution in [-0.4, -0.2) is 39.1 Å². The van der Waals surface area contributed by atoms with Crippen molar-refractivity contribution in [2.45, 2.75) is 19.9 Å². The molecule has 3 N–H and O–H groups in total. The number of hydrogen-bond donors (Lipinski definition) is 2. The molecule has 3 heterocycles. The van der Waals surface area contributed by atoms with E-state index in [9.17, 15) is 0 Å². The Labute approximate surface area is 180 Å². The van der Waals surface area contributed by atoms with Crippen molar-refractivity contribution in [3.05, 3.63) is 67.3 Å². The fourth-order valence-corrected chi connectivity index (χ4v) is 2.97. The molecule has 0 amide bonds. The van der Waals surface area contributed by atoms with E-state index in [1.165, 1.54) is 6.33 Å². The average Bonchev–Trinajstić information content (AvgIpc) is 2.79.